The molecular formula is C27H29F2N3O7. The number of carbonyl (C=O) groups is 1. The molecule has 2 aromatic heterocycles. The molecule has 1 aromatic carbocycles. The van der Waals surface area contributed by atoms with Gasteiger partial charge in [-0.1, -0.05) is 6.07 Å². The lowest BCUT2D eigenvalue weighted by Gasteiger charge is -2.33. The van der Waals surface area contributed by atoms with Gasteiger partial charge in [-0.15, -0.1) is 0 Å². The summed E-state index contributed by atoms with van der Waals surface area (Å²) < 4.78 is 66.2. The van der Waals surface area contributed by atoms with Gasteiger partial charge in [0.25, 0.3) is 0 Å². The van der Waals surface area contributed by atoms with E-state index in [0.29, 0.717) is 29.6 Å². The Morgan fingerprint density at radius 1 is 1.13 bits per heavy atom. The molecule has 6 atom stereocenters. The monoisotopic (exact) mass is 545 g/mol. The Morgan fingerprint density at radius 3 is 2.69 bits per heavy atom. The standard InChI is InChI=1S/C27H29F2N3O7/c1-27(2)38-22-21(20(36-18-6-4-5-11-35-18)14-7-8-16(28)17(29)12-14)37-25(23(22)39-27)32-10-9-15-19(26(33)34-3)30-13-31-24(15)32/h7-10,12-13,18,20-23,25H,4-6,11H2,1-3H3/t18?,20-,21-,22-,23-,25-/m1/s1. The normalized spacial score (nSPS) is 28.9. The van der Waals surface area contributed by atoms with Crippen molar-refractivity contribution >= 4 is 17.0 Å². The number of ether oxygens (including phenoxy) is 6. The van der Waals surface area contributed by atoms with Crippen LogP contribution in [0, 0.1) is 11.6 Å². The minimum absolute atomic E-state index is 0.119. The Hall–Kier alpha value is -3.03. The summed E-state index contributed by atoms with van der Waals surface area (Å²) in [6, 6.07) is 5.34. The minimum atomic E-state index is -0.996. The first-order chi connectivity index (χ1) is 18.8. The zero-order valence-corrected chi connectivity index (χ0v) is 21.7. The summed E-state index contributed by atoms with van der Waals surface area (Å²) in [4.78, 5) is 20.7. The molecular weight excluding hydrogens is 516 g/mol. The fourth-order valence-corrected chi connectivity index (χ4v) is 5.53. The van der Waals surface area contributed by atoms with Gasteiger partial charge in [-0.3, -0.25) is 0 Å². The zero-order valence-electron chi connectivity index (χ0n) is 21.7. The molecule has 0 N–H and O–H groups in total. The molecule has 5 heterocycles. The van der Waals surface area contributed by atoms with Gasteiger partial charge in [-0.25, -0.2) is 23.5 Å². The zero-order chi connectivity index (χ0) is 27.3. The Kier molecular flexibility index (Phi) is 6.84. The number of aromatic nitrogens is 3. The van der Waals surface area contributed by atoms with Crippen molar-refractivity contribution in [2.45, 2.75) is 75.8 Å². The summed E-state index contributed by atoms with van der Waals surface area (Å²) in [7, 11) is 1.28. The third kappa shape index (κ3) is 4.80. The molecule has 1 unspecified atom stereocenters. The van der Waals surface area contributed by atoms with Gasteiger partial charge >= 0.3 is 5.97 Å². The number of fused-ring (bicyclic) bond motifs is 2. The molecule has 3 aliphatic heterocycles. The Morgan fingerprint density at radius 2 is 1.95 bits per heavy atom. The van der Waals surface area contributed by atoms with Crippen LogP contribution in [0.1, 0.15) is 61.5 Å². The van der Waals surface area contributed by atoms with Crippen molar-refractivity contribution in [3.05, 3.63) is 59.7 Å². The largest absolute Gasteiger partial charge is 0.464 e. The highest BCUT2D eigenvalue weighted by Crippen LogP contribution is 2.48. The number of carbonyl (C=O) groups excluding carboxylic acids is 1. The second-order valence-corrected chi connectivity index (χ2v) is 10.3. The first-order valence-electron chi connectivity index (χ1n) is 12.9. The van der Waals surface area contributed by atoms with Gasteiger partial charge in [0.1, 0.15) is 36.4 Å². The van der Waals surface area contributed by atoms with Crippen LogP contribution in [0.5, 0.6) is 0 Å². The fourth-order valence-electron chi connectivity index (χ4n) is 5.53. The number of hydrogen-bond acceptors (Lipinski definition) is 9. The van der Waals surface area contributed by atoms with Gasteiger partial charge < -0.3 is 33.0 Å². The third-order valence-corrected chi connectivity index (χ3v) is 7.23. The summed E-state index contributed by atoms with van der Waals surface area (Å²) in [5.41, 5.74) is 0.936. The van der Waals surface area contributed by atoms with Crippen LogP contribution in [0.15, 0.2) is 36.8 Å². The molecule has 0 saturated carbocycles. The number of methoxy groups -OCH3 is 1. The number of rotatable bonds is 6. The van der Waals surface area contributed by atoms with Crippen LogP contribution in [0.4, 0.5) is 8.78 Å². The van der Waals surface area contributed by atoms with Gasteiger partial charge in [0.05, 0.1) is 12.5 Å². The topological polar surface area (TPSA) is 103 Å². The first kappa shape index (κ1) is 26.2. The molecule has 3 saturated heterocycles. The predicted molar refractivity (Wildman–Crippen MR) is 130 cm³/mol. The van der Waals surface area contributed by atoms with Crippen molar-refractivity contribution in [3.63, 3.8) is 0 Å². The number of esters is 1. The van der Waals surface area contributed by atoms with Gasteiger partial charge in [0.15, 0.2) is 35.6 Å². The van der Waals surface area contributed by atoms with Crippen LogP contribution in [0.3, 0.4) is 0 Å². The minimum Gasteiger partial charge on any atom is -0.464 e. The van der Waals surface area contributed by atoms with E-state index >= 15 is 0 Å². The molecule has 208 valence electrons. The summed E-state index contributed by atoms with van der Waals surface area (Å²) in [5, 5.41) is 0.482. The summed E-state index contributed by atoms with van der Waals surface area (Å²) in [6.45, 7) is 4.13. The second-order valence-electron chi connectivity index (χ2n) is 10.3. The van der Waals surface area contributed by atoms with Crippen molar-refractivity contribution < 1.29 is 42.0 Å². The van der Waals surface area contributed by atoms with Gasteiger partial charge in [0.2, 0.25) is 0 Å². The number of nitrogens with zero attached hydrogens (tertiary/aromatic N) is 3. The average Bonchev–Trinajstić information content (AvgIpc) is 3.59. The Labute approximate surface area is 223 Å². The smallest absolute Gasteiger partial charge is 0.357 e. The van der Waals surface area contributed by atoms with E-state index in [9.17, 15) is 13.6 Å². The van der Waals surface area contributed by atoms with E-state index in [1.54, 1.807) is 30.7 Å². The van der Waals surface area contributed by atoms with Crippen LogP contribution in [-0.2, 0) is 28.4 Å². The first-order valence-corrected chi connectivity index (χ1v) is 12.9. The summed E-state index contributed by atoms with van der Waals surface area (Å²) in [5.74, 6) is -3.51. The molecule has 0 amide bonds. The second kappa shape index (κ2) is 10.2. The molecule has 3 aliphatic rings. The van der Waals surface area contributed by atoms with Crippen LogP contribution in [0.2, 0.25) is 0 Å². The highest BCUT2D eigenvalue weighted by molar-refractivity contribution is 6.00. The number of hydrogen-bond donors (Lipinski definition) is 0. The maximum atomic E-state index is 14.4. The van der Waals surface area contributed by atoms with Crippen molar-refractivity contribution in [1.82, 2.24) is 14.5 Å². The molecule has 6 rings (SSSR count). The number of halogens is 2. The highest BCUT2D eigenvalue weighted by Gasteiger charge is 2.58. The lowest BCUT2D eigenvalue weighted by molar-refractivity contribution is -0.243. The van der Waals surface area contributed by atoms with E-state index in [4.69, 9.17) is 28.4 Å². The maximum Gasteiger partial charge on any atom is 0.357 e. The summed E-state index contributed by atoms with van der Waals surface area (Å²) >= 11 is 0. The van der Waals surface area contributed by atoms with E-state index in [1.165, 1.54) is 19.5 Å². The van der Waals surface area contributed by atoms with Crippen molar-refractivity contribution in [2.75, 3.05) is 13.7 Å². The van der Waals surface area contributed by atoms with Gasteiger partial charge in [0, 0.05) is 12.8 Å². The molecule has 12 heteroatoms. The lowest BCUT2D eigenvalue weighted by atomic mass is 9.98. The molecule has 0 spiro atoms. The van der Waals surface area contributed by atoms with Crippen LogP contribution in [-0.4, -0.2) is 64.6 Å². The van der Waals surface area contributed by atoms with E-state index in [2.05, 4.69) is 9.97 Å². The maximum absolute atomic E-state index is 14.4. The molecule has 3 fully saturated rings. The van der Waals surface area contributed by atoms with Crippen LogP contribution in [0.25, 0.3) is 11.0 Å². The van der Waals surface area contributed by atoms with Crippen molar-refractivity contribution in [2.24, 2.45) is 0 Å². The Balaban J connectivity index is 1.40. The predicted octanol–water partition coefficient (Wildman–Crippen LogP) is 4.20. The van der Waals surface area contributed by atoms with E-state index in [0.717, 1.165) is 25.0 Å². The molecule has 10 nitrogen and oxygen atoms in total. The molecule has 0 aliphatic carbocycles. The molecule has 39 heavy (non-hydrogen) atoms. The third-order valence-electron chi connectivity index (χ3n) is 7.23. The van der Waals surface area contributed by atoms with Crippen LogP contribution >= 0.6 is 0 Å². The quantitative estimate of drug-likeness (QED) is 0.422. The number of benzene rings is 1. The SMILES string of the molecule is COC(=O)c1ncnc2c1ccn2[C@@H]1O[C@H]([C@H](OC2CCCCO2)c2ccc(F)c(F)c2)[C@H]2OC(C)(C)O[C@H]21. The van der Waals surface area contributed by atoms with E-state index in [-0.39, 0.29) is 5.69 Å². The fraction of sp³-hybridized carbons (Fsp3) is 0.519. The van der Waals surface area contributed by atoms with Crippen molar-refractivity contribution in [1.29, 1.82) is 0 Å². The van der Waals surface area contributed by atoms with Crippen LogP contribution < -0.4 is 0 Å². The highest BCUT2D eigenvalue weighted by atomic mass is 19.2. The Bertz CT molecular complexity index is 1380. The van der Waals surface area contributed by atoms with Gasteiger partial charge in [-0.2, -0.15) is 0 Å². The molecule has 0 bridgehead atoms. The van der Waals surface area contributed by atoms with E-state index < -0.39 is 60.3 Å². The molecule has 3 aromatic rings. The molecule has 0 radical (unpaired) electrons. The van der Waals surface area contributed by atoms with Crippen molar-refractivity contribution in [3.8, 4) is 0 Å². The van der Waals surface area contributed by atoms with Gasteiger partial charge in [-0.05, 0) is 56.9 Å². The van der Waals surface area contributed by atoms with E-state index in [1.807, 2.05) is 0 Å². The average molecular weight is 546 g/mol. The lowest BCUT2D eigenvalue weighted by Crippen LogP contribution is -2.38. The summed E-state index contributed by atoms with van der Waals surface area (Å²) in [6.07, 6.45) is 1.32.